The van der Waals surface area contributed by atoms with Crippen LogP contribution in [0.2, 0.25) is 0 Å². The van der Waals surface area contributed by atoms with Gasteiger partial charge in [-0.1, -0.05) is 12.1 Å². The topological polar surface area (TPSA) is 65.0 Å². The number of carbonyl (C=O) groups excluding carboxylic acids is 1. The molecule has 3 heterocycles. The fourth-order valence-electron chi connectivity index (χ4n) is 2.75. The van der Waals surface area contributed by atoms with Crippen molar-refractivity contribution in [2.75, 3.05) is 5.32 Å². The van der Waals surface area contributed by atoms with Crippen molar-refractivity contribution in [3.63, 3.8) is 0 Å². The van der Waals surface area contributed by atoms with Gasteiger partial charge in [-0.15, -0.1) is 0 Å². The summed E-state index contributed by atoms with van der Waals surface area (Å²) in [6.45, 7) is 0.493. The van der Waals surface area contributed by atoms with Gasteiger partial charge >= 0.3 is 0 Å². The number of benzene rings is 1. The maximum Gasteiger partial charge on any atom is 0.272 e. The SMILES string of the molecule is Cn1c(C(=O)Nc2cnn(Cc3ccc(F)cc3)c2)cc2occc21. The number of halogens is 1. The molecule has 0 atom stereocenters. The van der Waals surface area contributed by atoms with Crippen molar-refractivity contribution >= 4 is 22.7 Å². The van der Waals surface area contributed by atoms with E-state index in [2.05, 4.69) is 10.4 Å². The summed E-state index contributed by atoms with van der Waals surface area (Å²) in [6.07, 6.45) is 4.90. The molecule has 0 saturated carbocycles. The molecule has 1 amide bonds. The van der Waals surface area contributed by atoms with Crippen molar-refractivity contribution in [3.8, 4) is 0 Å². The van der Waals surface area contributed by atoms with E-state index in [1.807, 2.05) is 13.1 Å². The maximum atomic E-state index is 12.9. The second kappa shape index (κ2) is 5.94. The summed E-state index contributed by atoms with van der Waals surface area (Å²) in [4.78, 5) is 12.5. The highest BCUT2D eigenvalue weighted by Crippen LogP contribution is 2.20. The first-order chi connectivity index (χ1) is 12.1. The molecule has 0 saturated heterocycles. The molecule has 3 aromatic heterocycles. The first-order valence-electron chi connectivity index (χ1n) is 7.71. The fraction of sp³-hybridized carbons (Fsp3) is 0.111. The minimum atomic E-state index is -0.273. The molecule has 4 rings (SSSR count). The summed E-state index contributed by atoms with van der Waals surface area (Å²) >= 11 is 0. The number of hydrogen-bond donors (Lipinski definition) is 1. The Balaban J connectivity index is 1.48. The molecule has 0 fully saturated rings. The number of carbonyl (C=O) groups is 1. The largest absolute Gasteiger partial charge is 0.463 e. The third-order valence-corrected chi connectivity index (χ3v) is 4.05. The molecule has 6 nitrogen and oxygen atoms in total. The van der Waals surface area contributed by atoms with E-state index in [-0.39, 0.29) is 11.7 Å². The number of nitrogens with one attached hydrogen (secondary N) is 1. The lowest BCUT2D eigenvalue weighted by molar-refractivity contribution is 0.101. The average molecular weight is 338 g/mol. The van der Waals surface area contributed by atoms with Crippen LogP contribution in [0, 0.1) is 5.82 Å². The van der Waals surface area contributed by atoms with Gasteiger partial charge in [-0.2, -0.15) is 5.10 Å². The molecular weight excluding hydrogens is 323 g/mol. The molecule has 25 heavy (non-hydrogen) atoms. The highest BCUT2D eigenvalue weighted by molar-refractivity contribution is 6.05. The third-order valence-electron chi connectivity index (χ3n) is 4.05. The molecule has 1 aromatic carbocycles. The van der Waals surface area contributed by atoms with E-state index in [0.717, 1.165) is 11.1 Å². The predicted octanol–water partition coefficient (Wildman–Crippen LogP) is 3.41. The molecule has 0 aliphatic heterocycles. The minimum absolute atomic E-state index is 0.241. The predicted molar refractivity (Wildman–Crippen MR) is 90.9 cm³/mol. The van der Waals surface area contributed by atoms with E-state index in [1.54, 1.807) is 46.1 Å². The van der Waals surface area contributed by atoms with Crippen molar-refractivity contribution in [1.82, 2.24) is 14.3 Å². The van der Waals surface area contributed by atoms with Gasteiger partial charge in [0.15, 0.2) is 5.58 Å². The smallest absolute Gasteiger partial charge is 0.272 e. The molecule has 126 valence electrons. The zero-order valence-electron chi connectivity index (χ0n) is 13.4. The average Bonchev–Trinajstić information content (AvgIpc) is 3.28. The highest BCUT2D eigenvalue weighted by Gasteiger charge is 2.15. The van der Waals surface area contributed by atoms with Crippen molar-refractivity contribution in [1.29, 1.82) is 0 Å². The van der Waals surface area contributed by atoms with Crippen LogP contribution in [0.4, 0.5) is 10.1 Å². The van der Waals surface area contributed by atoms with Crippen LogP contribution < -0.4 is 5.32 Å². The van der Waals surface area contributed by atoms with Crippen LogP contribution >= 0.6 is 0 Å². The molecular formula is C18H15FN4O2. The summed E-state index contributed by atoms with van der Waals surface area (Å²) in [6, 6.07) is 9.74. The Morgan fingerprint density at radius 1 is 1.28 bits per heavy atom. The summed E-state index contributed by atoms with van der Waals surface area (Å²) in [5, 5.41) is 7.04. The number of furan rings is 1. The Kier molecular flexibility index (Phi) is 3.61. The van der Waals surface area contributed by atoms with Crippen LogP contribution in [-0.4, -0.2) is 20.3 Å². The molecule has 0 spiro atoms. The summed E-state index contributed by atoms with van der Waals surface area (Å²) in [5.74, 6) is -0.513. The Hall–Kier alpha value is -3.35. The lowest BCUT2D eigenvalue weighted by Crippen LogP contribution is -2.15. The van der Waals surface area contributed by atoms with E-state index >= 15 is 0 Å². The van der Waals surface area contributed by atoms with E-state index < -0.39 is 0 Å². The van der Waals surface area contributed by atoms with Crippen molar-refractivity contribution < 1.29 is 13.6 Å². The molecule has 0 radical (unpaired) electrons. The van der Waals surface area contributed by atoms with E-state index in [4.69, 9.17) is 4.42 Å². The van der Waals surface area contributed by atoms with Gasteiger partial charge in [-0.05, 0) is 17.7 Å². The monoisotopic (exact) mass is 338 g/mol. The number of aromatic nitrogens is 3. The van der Waals surface area contributed by atoms with Gasteiger partial charge in [-0.3, -0.25) is 9.48 Å². The first kappa shape index (κ1) is 15.2. The number of nitrogens with zero attached hydrogens (tertiary/aromatic N) is 3. The second-order valence-electron chi connectivity index (χ2n) is 5.77. The van der Waals surface area contributed by atoms with E-state index in [9.17, 15) is 9.18 Å². The normalized spacial score (nSPS) is 11.1. The van der Waals surface area contributed by atoms with Crippen LogP contribution in [0.1, 0.15) is 16.1 Å². The maximum absolute atomic E-state index is 12.9. The summed E-state index contributed by atoms with van der Waals surface area (Å²) in [7, 11) is 1.81. The van der Waals surface area contributed by atoms with Gasteiger partial charge < -0.3 is 14.3 Å². The zero-order chi connectivity index (χ0) is 17.4. The van der Waals surface area contributed by atoms with Gasteiger partial charge in [0.25, 0.3) is 5.91 Å². The van der Waals surface area contributed by atoms with Gasteiger partial charge in [0.1, 0.15) is 11.5 Å². The highest BCUT2D eigenvalue weighted by atomic mass is 19.1. The molecule has 0 aliphatic carbocycles. The number of hydrogen-bond acceptors (Lipinski definition) is 3. The lowest BCUT2D eigenvalue weighted by atomic mass is 10.2. The molecule has 0 aliphatic rings. The molecule has 1 N–H and O–H groups in total. The van der Waals surface area contributed by atoms with Gasteiger partial charge in [0.2, 0.25) is 0 Å². The molecule has 4 aromatic rings. The standard InChI is InChI=1S/C18H15FN4O2/c1-22-15-6-7-25-17(15)8-16(22)18(24)21-14-9-20-23(11-14)10-12-2-4-13(19)5-3-12/h2-9,11H,10H2,1H3,(H,21,24). The molecule has 0 bridgehead atoms. The number of rotatable bonds is 4. The van der Waals surface area contributed by atoms with Crippen LogP contribution in [0.15, 0.2) is 59.5 Å². The summed E-state index contributed by atoms with van der Waals surface area (Å²) in [5.41, 5.74) is 3.53. The van der Waals surface area contributed by atoms with E-state index in [1.165, 1.54) is 12.1 Å². The Bertz CT molecular complexity index is 1040. The summed E-state index contributed by atoms with van der Waals surface area (Å²) < 4.78 is 21.7. The number of fused-ring (bicyclic) bond motifs is 1. The molecule has 7 heteroatoms. The van der Waals surface area contributed by atoms with Crippen molar-refractivity contribution in [2.24, 2.45) is 7.05 Å². The first-order valence-corrected chi connectivity index (χ1v) is 7.71. The number of amides is 1. The zero-order valence-corrected chi connectivity index (χ0v) is 13.4. The van der Waals surface area contributed by atoms with Crippen LogP contribution in [0.5, 0.6) is 0 Å². The Morgan fingerprint density at radius 3 is 2.84 bits per heavy atom. The Morgan fingerprint density at radius 2 is 2.08 bits per heavy atom. The number of anilines is 1. The van der Waals surface area contributed by atoms with Gasteiger partial charge in [-0.25, -0.2) is 4.39 Å². The Labute approximate surface area is 142 Å². The van der Waals surface area contributed by atoms with E-state index in [0.29, 0.717) is 23.5 Å². The third kappa shape index (κ3) is 2.91. The quantitative estimate of drug-likeness (QED) is 0.620. The van der Waals surface area contributed by atoms with Crippen LogP contribution in [0.25, 0.3) is 11.1 Å². The second-order valence-corrected chi connectivity index (χ2v) is 5.77. The minimum Gasteiger partial charge on any atom is -0.463 e. The lowest BCUT2D eigenvalue weighted by Gasteiger charge is -2.04. The van der Waals surface area contributed by atoms with Crippen LogP contribution in [-0.2, 0) is 13.6 Å². The van der Waals surface area contributed by atoms with Crippen molar-refractivity contribution in [3.05, 3.63) is 72.1 Å². The van der Waals surface area contributed by atoms with Gasteiger partial charge in [0, 0.05) is 25.4 Å². The molecule has 0 unspecified atom stereocenters. The van der Waals surface area contributed by atoms with Crippen molar-refractivity contribution in [2.45, 2.75) is 6.54 Å². The van der Waals surface area contributed by atoms with Gasteiger partial charge in [0.05, 0.1) is 30.2 Å². The number of aryl methyl sites for hydroxylation is 1. The fourth-order valence-corrected chi connectivity index (χ4v) is 2.75. The van der Waals surface area contributed by atoms with Crippen LogP contribution in [0.3, 0.4) is 0 Å².